The first kappa shape index (κ1) is 29.0. The normalized spacial score (nSPS) is 19.7. The number of aromatic nitrogens is 3. The van der Waals surface area contributed by atoms with Gasteiger partial charge in [-0.15, -0.1) is 0 Å². The molecule has 0 atom stereocenters. The van der Waals surface area contributed by atoms with Crippen LogP contribution in [0.3, 0.4) is 0 Å². The molecule has 0 bridgehead atoms. The van der Waals surface area contributed by atoms with Gasteiger partial charge in [-0.2, -0.15) is 5.10 Å². The molecule has 10 heteroatoms. The molecule has 3 aromatic rings. The average molecular weight is 562 g/mol. The van der Waals surface area contributed by atoms with Gasteiger partial charge in [-0.25, -0.2) is 0 Å². The van der Waals surface area contributed by atoms with Crippen LogP contribution in [0.2, 0.25) is 0 Å². The summed E-state index contributed by atoms with van der Waals surface area (Å²) in [7, 11) is 2.10. The van der Waals surface area contributed by atoms with Crippen molar-refractivity contribution in [2.24, 2.45) is 5.73 Å². The van der Waals surface area contributed by atoms with Crippen LogP contribution in [-0.2, 0) is 17.8 Å². The van der Waals surface area contributed by atoms with E-state index in [9.17, 15) is 9.59 Å². The number of nitrogens with zero attached hydrogens (tertiary/aromatic N) is 4. The van der Waals surface area contributed by atoms with Crippen LogP contribution in [0.25, 0.3) is 11.1 Å². The van der Waals surface area contributed by atoms with E-state index in [1.807, 2.05) is 42.9 Å². The number of aromatic amines is 1. The van der Waals surface area contributed by atoms with Crippen molar-refractivity contribution in [3.63, 3.8) is 0 Å². The molecule has 2 fully saturated rings. The number of benzene rings is 1. The minimum atomic E-state index is -0.216. The zero-order valence-electron chi connectivity index (χ0n) is 24.5. The fourth-order valence-corrected chi connectivity index (χ4v) is 5.89. The lowest BCUT2D eigenvalue weighted by atomic mass is 9.90. The number of hydrogen-bond donors (Lipinski definition) is 3. The first-order valence-corrected chi connectivity index (χ1v) is 14.7. The number of amides is 1. The largest absolute Gasteiger partial charge is 0.379 e. The van der Waals surface area contributed by atoms with E-state index in [4.69, 9.17) is 10.5 Å². The molecule has 1 aliphatic carbocycles. The fourth-order valence-electron chi connectivity index (χ4n) is 5.89. The van der Waals surface area contributed by atoms with E-state index >= 15 is 0 Å². The molecule has 1 aromatic carbocycles. The van der Waals surface area contributed by atoms with E-state index in [-0.39, 0.29) is 24.1 Å². The average Bonchev–Trinajstić information content (AvgIpc) is 3.45. The minimum absolute atomic E-state index is 0.162. The lowest BCUT2D eigenvalue weighted by Gasteiger charge is -2.35. The lowest BCUT2D eigenvalue weighted by Crippen LogP contribution is -2.38. The molecule has 220 valence electrons. The van der Waals surface area contributed by atoms with Gasteiger partial charge in [0.05, 0.1) is 26.0 Å². The highest BCUT2D eigenvalue weighted by Gasteiger charge is 2.24. The Labute approximate surface area is 241 Å². The van der Waals surface area contributed by atoms with Crippen LogP contribution in [0.5, 0.6) is 0 Å². The quantitative estimate of drug-likeness (QED) is 0.367. The molecule has 1 amide bonds. The maximum Gasteiger partial charge on any atom is 0.253 e. The molecule has 2 aromatic heterocycles. The summed E-state index contributed by atoms with van der Waals surface area (Å²) in [6.07, 6.45) is 7.98. The van der Waals surface area contributed by atoms with E-state index in [0.717, 1.165) is 93.1 Å². The number of nitrogens with one attached hydrogen (secondary N) is 2. The van der Waals surface area contributed by atoms with E-state index in [1.54, 1.807) is 0 Å². The molecule has 41 heavy (non-hydrogen) atoms. The van der Waals surface area contributed by atoms with Gasteiger partial charge in [-0.3, -0.25) is 19.2 Å². The molecule has 1 saturated heterocycles. The third-order valence-electron chi connectivity index (χ3n) is 8.51. The van der Waals surface area contributed by atoms with Crippen molar-refractivity contribution in [1.82, 2.24) is 25.0 Å². The van der Waals surface area contributed by atoms with Crippen molar-refractivity contribution in [1.29, 1.82) is 0 Å². The van der Waals surface area contributed by atoms with Gasteiger partial charge in [0, 0.05) is 79.6 Å². The van der Waals surface area contributed by atoms with Gasteiger partial charge in [0.15, 0.2) is 0 Å². The van der Waals surface area contributed by atoms with Crippen molar-refractivity contribution >= 4 is 11.6 Å². The molecule has 0 spiro atoms. The van der Waals surface area contributed by atoms with E-state index in [0.29, 0.717) is 17.2 Å². The molecule has 4 N–H and O–H groups in total. The number of ether oxygens (including phenoxy) is 1. The van der Waals surface area contributed by atoms with Crippen molar-refractivity contribution in [3.05, 3.63) is 69.4 Å². The number of anilines is 1. The molecular formula is C31H43N7O3. The minimum Gasteiger partial charge on any atom is -0.379 e. The smallest absolute Gasteiger partial charge is 0.253 e. The Morgan fingerprint density at radius 2 is 1.85 bits per heavy atom. The van der Waals surface area contributed by atoms with Crippen molar-refractivity contribution in [2.45, 2.75) is 64.7 Å². The van der Waals surface area contributed by atoms with Crippen molar-refractivity contribution in [2.75, 3.05) is 44.8 Å². The highest BCUT2D eigenvalue weighted by atomic mass is 16.5. The Bertz CT molecular complexity index is 1400. The molecule has 5 rings (SSSR count). The van der Waals surface area contributed by atoms with Crippen molar-refractivity contribution < 1.29 is 9.53 Å². The zero-order valence-corrected chi connectivity index (χ0v) is 24.5. The first-order valence-electron chi connectivity index (χ1n) is 14.7. The van der Waals surface area contributed by atoms with Crippen LogP contribution in [0.4, 0.5) is 5.69 Å². The molecular weight excluding hydrogens is 518 g/mol. The summed E-state index contributed by atoms with van der Waals surface area (Å²) in [4.78, 5) is 33.5. The highest BCUT2D eigenvalue weighted by molar-refractivity contribution is 5.96. The Morgan fingerprint density at radius 1 is 1.10 bits per heavy atom. The van der Waals surface area contributed by atoms with Crippen LogP contribution in [0.1, 0.15) is 52.9 Å². The maximum absolute atomic E-state index is 13.5. The van der Waals surface area contributed by atoms with Crippen LogP contribution >= 0.6 is 0 Å². The highest BCUT2D eigenvalue weighted by Crippen LogP contribution is 2.31. The van der Waals surface area contributed by atoms with Gasteiger partial charge in [-0.05, 0) is 74.9 Å². The van der Waals surface area contributed by atoms with E-state index < -0.39 is 0 Å². The molecule has 0 unspecified atom stereocenters. The number of aryl methyl sites for hydroxylation is 2. The van der Waals surface area contributed by atoms with Gasteiger partial charge in [-0.1, -0.05) is 0 Å². The van der Waals surface area contributed by atoms with Crippen LogP contribution < -0.4 is 21.5 Å². The SMILES string of the molecule is Cc1cc(C)c(CNC(=O)c2cc(-c3cnn(CCN4CCOCC4)c3)cc(N(C)[C@H]3CC[C@H](N)CC3)c2)c(=O)[nH]1. The Balaban J connectivity index is 1.38. The second-order valence-electron chi connectivity index (χ2n) is 11.5. The van der Waals surface area contributed by atoms with Gasteiger partial charge < -0.3 is 25.7 Å². The van der Waals surface area contributed by atoms with Gasteiger partial charge in [0.2, 0.25) is 0 Å². The standard InChI is InChI=1S/C31H43N7O3/c1-21-14-22(2)35-31(40)29(21)19-33-30(39)24-15-23(16-28(17-24)36(3)27-6-4-26(32)5-7-27)25-18-34-38(20-25)9-8-37-10-12-41-13-11-37/h14-18,20,26-27H,4-13,19,32H2,1-3H3,(H,33,39)(H,35,40)/t26-,27-. The van der Waals surface area contributed by atoms with Crippen LogP contribution in [-0.4, -0.2) is 77.6 Å². The Hall–Kier alpha value is -3.47. The Morgan fingerprint density at radius 3 is 2.59 bits per heavy atom. The number of hydrogen-bond acceptors (Lipinski definition) is 7. The third kappa shape index (κ3) is 7.25. The van der Waals surface area contributed by atoms with Crippen LogP contribution in [0, 0.1) is 13.8 Å². The monoisotopic (exact) mass is 561 g/mol. The summed E-state index contributed by atoms with van der Waals surface area (Å²) in [5, 5.41) is 7.60. The maximum atomic E-state index is 13.5. The van der Waals surface area contributed by atoms with Crippen molar-refractivity contribution in [3.8, 4) is 11.1 Å². The first-order chi connectivity index (χ1) is 19.8. The second kappa shape index (κ2) is 13.0. The summed E-state index contributed by atoms with van der Waals surface area (Å²) in [5.41, 5.74) is 11.7. The summed E-state index contributed by atoms with van der Waals surface area (Å²) in [6.45, 7) is 9.07. The molecule has 3 heterocycles. The molecule has 1 aliphatic heterocycles. The molecule has 10 nitrogen and oxygen atoms in total. The summed E-state index contributed by atoms with van der Waals surface area (Å²) >= 11 is 0. The predicted octanol–water partition coefficient (Wildman–Crippen LogP) is 2.82. The topological polar surface area (TPSA) is 122 Å². The van der Waals surface area contributed by atoms with E-state index in [1.165, 1.54) is 0 Å². The molecule has 1 saturated carbocycles. The predicted molar refractivity (Wildman–Crippen MR) is 161 cm³/mol. The fraction of sp³-hybridized carbons (Fsp3) is 0.516. The number of H-pyrrole nitrogens is 1. The number of nitrogens with two attached hydrogens (primary N) is 1. The van der Waals surface area contributed by atoms with Gasteiger partial charge in [0.1, 0.15) is 0 Å². The van der Waals surface area contributed by atoms with Gasteiger partial charge >= 0.3 is 0 Å². The number of carbonyl (C=O) groups is 1. The molecule has 2 aliphatic rings. The zero-order chi connectivity index (χ0) is 28.9. The number of morpholine rings is 1. The second-order valence-corrected chi connectivity index (χ2v) is 11.5. The third-order valence-corrected chi connectivity index (χ3v) is 8.51. The molecule has 0 radical (unpaired) electrons. The van der Waals surface area contributed by atoms with E-state index in [2.05, 4.69) is 44.5 Å². The lowest BCUT2D eigenvalue weighted by molar-refractivity contribution is 0.0360. The number of carbonyl (C=O) groups excluding carboxylic acids is 1. The summed E-state index contributed by atoms with van der Waals surface area (Å²) in [5.74, 6) is -0.216. The number of rotatable bonds is 9. The number of pyridine rings is 1. The van der Waals surface area contributed by atoms with Gasteiger partial charge in [0.25, 0.3) is 11.5 Å². The summed E-state index contributed by atoms with van der Waals surface area (Å²) in [6, 6.07) is 8.56. The Kier molecular flexibility index (Phi) is 9.22. The van der Waals surface area contributed by atoms with Crippen LogP contribution in [0.15, 0.2) is 41.5 Å². The summed E-state index contributed by atoms with van der Waals surface area (Å²) < 4.78 is 7.43.